The Bertz CT molecular complexity index is 1310. The molecule has 3 aromatic rings. The van der Waals surface area contributed by atoms with E-state index in [4.69, 9.17) is 10.5 Å². The van der Waals surface area contributed by atoms with E-state index in [0.717, 1.165) is 5.56 Å². The number of nitrogens with two attached hydrogens (primary N) is 1. The van der Waals surface area contributed by atoms with Crippen LogP contribution in [0.15, 0.2) is 60.8 Å². The fourth-order valence-electron chi connectivity index (χ4n) is 3.96. The summed E-state index contributed by atoms with van der Waals surface area (Å²) in [7, 11) is 0. The molecule has 1 aliphatic rings. The zero-order chi connectivity index (χ0) is 27.3. The Morgan fingerprint density at radius 3 is 2.34 bits per heavy atom. The molecule has 0 spiro atoms. The minimum absolute atomic E-state index is 0.0186. The van der Waals surface area contributed by atoms with Gasteiger partial charge in [0, 0.05) is 43.9 Å². The number of ether oxygens (including phenoxy) is 1. The van der Waals surface area contributed by atoms with E-state index in [1.807, 2.05) is 51.1 Å². The predicted octanol–water partition coefficient (Wildman–Crippen LogP) is 3.35. The third kappa shape index (κ3) is 6.64. The van der Waals surface area contributed by atoms with E-state index in [1.54, 1.807) is 34.1 Å². The number of anilines is 1. The number of carbonyl (C=O) groups excluding carboxylic acids is 3. The van der Waals surface area contributed by atoms with Crippen molar-refractivity contribution in [1.82, 2.24) is 25.1 Å². The zero-order valence-electron chi connectivity index (χ0n) is 21.8. The number of nitrogens with zero attached hydrogens (tertiary/aromatic N) is 4. The molecule has 0 bridgehead atoms. The number of nitrogen functional groups attached to an aromatic ring is 1. The molecule has 198 valence electrons. The van der Waals surface area contributed by atoms with Crippen LogP contribution in [-0.2, 0) is 11.3 Å². The lowest BCUT2D eigenvalue weighted by atomic mass is 10.1. The van der Waals surface area contributed by atoms with Crippen LogP contribution >= 0.6 is 0 Å². The first-order chi connectivity index (χ1) is 18.1. The van der Waals surface area contributed by atoms with Crippen LogP contribution in [-0.4, -0.2) is 69.5 Å². The minimum atomic E-state index is -0.589. The average molecular weight is 517 g/mol. The lowest BCUT2D eigenvalue weighted by Crippen LogP contribution is -2.51. The summed E-state index contributed by atoms with van der Waals surface area (Å²) >= 11 is 0. The number of hydrogen-bond acceptors (Lipinski definition) is 7. The van der Waals surface area contributed by atoms with E-state index < -0.39 is 11.7 Å². The molecule has 2 heterocycles. The molecule has 1 aromatic heterocycles. The summed E-state index contributed by atoms with van der Waals surface area (Å²) in [6.07, 6.45) is 1.08. The fraction of sp³-hybridized carbons (Fsp3) is 0.321. The summed E-state index contributed by atoms with van der Waals surface area (Å²) in [5, 5.41) is 2.91. The molecule has 3 amide bonds. The van der Waals surface area contributed by atoms with Crippen molar-refractivity contribution in [3.63, 3.8) is 0 Å². The van der Waals surface area contributed by atoms with Crippen molar-refractivity contribution in [2.45, 2.75) is 32.9 Å². The van der Waals surface area contributed by atoms with Crippen molar-refractivity contribution in [2.24, 2.45) is 0 Å². The number of aromatic nitrogens is 2. The summed E-state index contributed by atoms with van der Waals surface area (Å²) < 4.78 is 5.42. The van der Waals surface area contributed by atoms with Crippen molar-refractivity contribution in [3.05, 3.63) is 77.6 Å². The topological polar surface area (TPSA) is 131 Å². The van der Waals surface area contributed by atoms with E-state index in [0.29, 0.717) is 49.5 Å². The van der Waals surface area contributed by atoms with Gasteiger partial charge in [0.1, 0.15) is 5.60 Å². The second-order valence-corrected chi connectivity index (χ2v) is 10.00. The highest BCUT2D eigenvalue weighted by Gasteiger charge is 2.29. The van der Waals surface area contributed by atoms with Gasteiger partial charge in [0.25, 0.3) is 11.8 Å². The van der Waals surface area contributed by atoms with Crippen LogP contribution in [0.2, 0.25) is 0 Å². The molecule has 0 saturated carbocycles. The van der Waals surface area contributed by atoms with Crippen LogP contribution in [0, 0.1) is 0 Å². The summed E-state index contributed by atoms with van der Waals surface area (Å²) in [5.74, 6) is -0.569. The van der Waals surface area contributed by atoms with Gasteiger partial charge in [-0.15, -0.1) is 0 Å². The van der Waals surface area contributed by atoms with Gasteiger partial charge in [-0.25, -0.2) is 14.8 Å². The van der Waals surface area contributed by atoms with E-state index in [9.17, 15) is 14.4 Å². The predicted molar refractivity (Wildman–Crippen MR) is 143 cm³/mol. The number of rotatable bonds is 5. The van der Waals surface area contributed by atoms with Gasteiger partial charge in [-0.1, -0.05) is 42.5 Å². The second-order valence-electron chi connectivity index (χ2n) is 10.00. The molecule has 0 atom stereocenters. The maximum atomic E-state index is 13.2. The van der Waals surface area contributed by atoms with Crippen LogP contribution < -0.4 is 11.1 Å². The van der Waals surface area contributed by atoms with Gasteiger partial charge in [-0.05, 0) is 38.5 Å². The largest absolute Gasteiger partial charge is 0.444 e. The van der Waals surface area contributed by atoms with Crippen LogP contribution in [0.4, 0.5) is 10.6 Å². The van der Waals surface area contributed by atoms with E-state index in [-0.39, 0.29) is 23.3 Å². The standard InChI is InChI=1S/C28H32N6O4/c1-28(2,3)38-27(37)34-14-12-33(13-15-34)26(36)23-24(29)30-18-22(32-23)20-10-7-11-21(16-20)25(35)31-17-19-8-5-4-6-9-19/h4-11,16,18H,12-15,17H2,1-3H3,(H2,29,30)(H,31,35). The number of piperazine rings is 1. The first kappa shape index (κ1) is 26.6. The highest BCUT2D eigenvalue weighted by atomic mass is 16.6. The molecular formula is C28H32N6O4. The van der Waals surface area contributed by atoms with E-state index in [1.165, 1.54) is 6.20 Å². The lowest BCUT2D eigenvalue weighted by Gasteiger charge is -2.35. The molecule has 2 aromatic carbocycles. The minimum Gasteiger partial charge on any atom is -0.444 e. The molecule has 3 N–H and O–H groups in total. The van der Waals surface area contributed by atoms with Crippen LogP contribution in [0.5, 0.6) is 0 Å². The van der Waals surface area contributed by atoms with Crippen molar-refractivity contribution in [1.29, 1.82) is 0 Å². The van der Waals surface area contributed by atoms with Crippen molar-refractivity contribution in [2.75, 3.05) is 31.9 Å². The third-order valence-electron chi connectivity index (χ3n) is 5.94. The number of hydrogen-bond donors (Lipinski definition) is 2. The number of amides is 3. The Hall–Kier alpha value is -4.47. The SMILES string of the molecule is CC(C)(C)OC(=O)N1CCN(C(=O)c2nc(-c3cccc(C(=O)NCc4ccccc4)c3)cnc2N)CC1. The molecular weight excluding hydrogens is 484 g/mol. The van der Waals surface area contributed by atoms with Crippen LogP contribution in [0.1, 0.15) is 47.2 Å². The Balaban J connectivity index is 1.44. The molecule has 4 rings (SSSR count). The second kappa shape index (κ2) is 11.3. The summed E-state index contributed by atoms with van der Waals surface area (Å²) in [5.41, 5.74) is 7.98. The Labute approximate surface area is 221 Å². The van der Waals surface area contributed by atoms with Crippen LogP contribution in [0.25, 0.3) is 11.3 Å². The average Bonchev–Trinajstić information content (AvgIpc) is 2.91. The molecule has 1 aliphatic heterocycles. The maximum Gasteiger partial charge on any atom is 0.410 e. The Morgan fingerprint density at radius 2 is 1.66 bits per heavy atom. The highest BCUT2D eigenvalue weighted by Crippen LogP contribution is 2.21. The molecule has 10 nitrogen and oxygen atoms in total. The lowest BCUT2D eigenvalue weighted by molar-refractivity contribution is 0.0140. The first-order valence-corrected chi connectivity index (χ1v) is 12.4. The normalized spacial score (nSPS) is 13.7. The smallest absolute Gasteiger partial charge is 0.410 e. The zero-order valence-corrected chi connectivity index (χ0v) is 21.8. The van der Waals surface area contributed by atoms with Crippen molar-refractivity contribution < 1.29 is 19.1 Å². The number of carbonyl (C=O) groups is 3. The number of benzene rings is 2. The van der Waals surface area contributed by atoms with Crippen LogP contribution in [0.3, 0.4) is 0 Å². The van der Waals surface area contributed by atoms with Gasteiger partial charge in [0.15, 0.2) is 11.5 Å². The highest BCUT2D eigenvalue weighted by molar-refractivity contribution is 5.97. The van der Waals surface area contributed by atoms with Crippen molar-refractivity contribution in [3.8, 4) is 11.3 Å². The first-order valence-electron chi connectivity index (χ1n) is 12.4. The molecule has 0 radical (unpaired) electrons. The fourth-order valence-corrected chi connectivity index (χ4v) is 3.96. The van der Waals surface area contributed by atoms with Gasteiger partial charge < -0.3 is 25.6 Å². The molecule has 1 fully saturated rings. The Kier molecular flexibility index (Phi) is 7.90. The molecule has 0 aliphatic carbocycles. The molecule has 38 heavy (non-hydrogen) atoms. The third-order valence-corrected chi connectivity index (χ3v) is 5.94. The van der Waals surface area contributed by atoms with Gasteiger partial charge in [-0.3, -0.25) is 9.59 Å². The van der Waals surface area contributed by atoms with Gasteiger partial charge in [0.2, 0.25) is 0 Å². The van der Waals surface area contributed by atoms with E-state index in [2.05, 4.69) is 15.3 Å². The molecule has 1 saturated heterocycles. The van der Waals surface area contributed by atoms with E-state index >= 15 is 0 Å². The quantitative estimate of drug-likeness (QED) is 0.532. The van der Waals surface area contributed by atoms with Gasteiger partial charge in [0.05, 0.1) is 11.9 Å². The van der Waals surface area contributed by atoms with Crippen molar-refractivity contribution >= 4 is 23.7 Å². The maximum absolute atomic E-state index is 13.2. The Morgan fingerprint density at radius 1 is 0.974 bits per heavy atom. The molecule has 0 unspecified atom stereocenters. The summed E-state index contributed by atoms with van der Waals surface area (Å²) in [4.78, 5) is 50.2. The molecule has 10 heteroatoms. The van der Waals surface area contributed by atoms with Gasteiger partial charge in [-0.2, -0.15) is 0 Å². The summed E-state index contributed by atoms with van der Waals surface area (Å²) in [6.45, 7) is 7.16. The summed E-state index contributed by atoms with van der Waals surface area (Å²) in [6, 6.07) is 16.6. The van der Waals surface area contributed by atoms with Gasteiger partial charge >= 0.3 is 6.09 Å². The monoisotopic (exact) mass is 516 g/mol. The number of nitrogens with one attached hydrogen (secondary N) is 1.